The van der Waals surface area contributed by atoms with E-state index in [9.17, 15) is 0 Å². The van der Waals surface area contributed by atoms with Gasteiger partial charge in [0.1, 0.15) is 0 Å². The Morgan fingerprint density at radius 3 is 2.73 bits per heavy atom. The molecule has 0 unspecified atom stereocenters. The van der Waals surface area contributed by atoms with E-state index in [4.69, 9.17) is 0 Å². The van der Waals surface area contributed by atoms with Gasteiger partial charge in [0.15, 0.2) is 0 Å². The Balaban J connectivity index is 2.30. The fourth-order valence-electron chi connectivity index (χ4n) is 2.37. The van der Waals surface area contributed by atoms with Crippen LogP contribution >= 0.6 is 0 Å². The Morgan fingerprint density at radius 1 is 1.07 bits per heavy atom. The zero-order chi connectivity index (χ0) is 10.3. The van der Waals surface area contributed by atoms with Crippen molar-refractivity contribution in [2.75, 3.05) is 0 Å². The first-order valence-electron chi connectivity index (χ1n) is 5.23. The minimum absolute atomic E-state index is 0.597. The van der Waals surface area contributed by atoms with Crippen LogP contribution in [-0.2, 0) is 6.42 Å². The van der Waals surface area contributed by atoms with E-state index in [2.05, 4.69) is 54.4 Å². The molecule has 0 fully saturated rings. The molecule has 0 saturated carbocycles. The summed E-state index contributed by atoms with van der Waals surface area (Å²) in [5, 5.41) is 1.61. The lowest BCUT2D eigenvalue weighted by Crippen LogP contribution is -1.97. The Morgan fingerprint density at radius 2 is 1.87 bits per heavy atom. The predicted octanol–water partition coefficient (Wildman–Crippen LogP) is 3.38. The zero-order valence-electron chi connectivity index (χ0n) is 8.53. The molecule has 15 heavy (non-hydrogen) atoms. The zero-order valence-corrected chi connectivity index (χ0v) is 9.53. The van der Waals surface area contributed by atoms with Gasteiger partial charge in [-0.25, -0.2) is 0 Å². The molecule has 3 rings (SSSR count). The monoisotopic (exact) mass is 208 g/mol. The van der Waals surface area contributed by atoms with Crippen molar-refractivity contribution in [1.29, 1.82) is 0 Å². The maximum Gasteiger partial charge on any atom is 0.0683 e. The lowest BCUT2D eigenvalue weighted by molar-refractivity contribution is 1.30. The molecule has 0 N–H and O–H groups in total. The van der Waals surface area contributed by atoms with Crippen molar-refractivity contribution in [3.8, 4) is 11.1 Å². The molecule has 0 saturated heterocycles. The van der Waals surface area contributed by atoms with Crippen LogP contribution in [0.15, 0.2) is 48.7 Å². The molecule has 0 spiro atoms. The van der Waals surface area contributed by atoms with Gasteiger partial charge in [-0.2, -0.15) is 0 Å². The topological polar surface area (TPSA) is 0 Å². The summed E-state index contributed by atoms with van der Waals surface area (Å²) in [4.78, 5) is 0. The molecule has 0 amide bonds. The molecule has 72 valence electrons. The molecule has 0 atom stereocenters. The summed E-state index contributed by atoms with van der Waals surface area (Å²) in [6.45, 7) is 3.95. The van der Waals surface area contributed by atoms with Gasteiger partial charge in [-0.1, -0.05) is 47.8 Å². The summed E-state index contributed by atoms with van der Waals surface area (Å²) in [5.41, 5.74) is 8.83. The first-order chi connectivity index (χ1) is 7.40. The van der Waals surface area contributed by atoms with Crippen LogP contribution in [0.3, 0.4) is 0 Å². The minimum Gasteiger partial charge on any atom is -0.103 e. The molecule has 1 aliphatic rings. The summed E-state index contributed by atoms with van der Waals surface area (Å²) in [5.74, 6) is 0. The van der Waals surface area contributed by atoms with Gasteiger partial charge in [0.2, 0.25) is 0 Å². The normalized spacial score (nSPS) is 12.0. The highest BCUT2D eigenvalue weighted by atomic mass is 28.2. The molecule has 2 aromatic rings. The van der Waals surface area contributed by atoms with Gasteiger partial charge in [-0.15, -0.1) is 6.58 Å². The van der Waals surface area contributed by atoms with Crippen LogP contribution in [0, 0.1) is 0 Å². The van der Waals surface area contributed by atoms with Crippen molar-refractivity contribution in [2.24, 2.45) is 0 Å². The minimum atomic E-state index is -0.597. The van der Waals surface area contributed by atoms with Crippen molar-refractivity contribution in [1.82, 2.24) is 0 Å². The second kappa shape index (κ2) is 3.28. The lowest BCUT2D eigenvalue weighted by atomic mass is 10.1. The van der Waals surface area contributed by atoms with Gasteiger partial charge in [0.25, 0.3) is 0 Å². The van der Waals surface area contributed by atoms with Gasteiger partial charge >= 0.3 is 0 Å². The van der Waals surface area contributed by atoms with Crippen molar-refractivity contribution in [2.45, 2.75) is 6.42 Å². The summed E-state index contributed by atoms with van der Waals surface area (Å²) in [6.07, 6.45) is 1.13. The first kappa shape index (κ1) is 8.80. The van der Waals surface area contributed by atoms with Crippen LogP contribution in [-0.4, -0.2) is 8.40 Å². The molecule has 0 radical (unpaired) electrons. The van der Waals surface area contributed by atoms with Gasteiger partial charge in [0, 0.05) is 0 Å². The van der Waals surface area contributed by atoms with E-state index in [-0.39, 0.29) is 0 Å². The van der Waals surface area contributed by atoms with Crippen LogP contribution in [0.25, 0.3) is 16.8 Å². The van der Waals surface area contributed by atoms with Gasteiger partial charge < -0.3 is 0 Å². The van der Waals surface area contributed by atoms with E-state index >= 15 is 0 Å². The van der Waals surface area contributed by atoms with E-state index in [1.807, 2.05) is 0 Å². The molecule has 1 aromatic heterocycles. The average molecular weight is 208 g/mol. The van der Waals surface area contributed by atoms with Crippen LogP contribution in [0.5, 0.6) is 0 Å². The molecule has 0 nitrogen and oxygen atoms in total. The summed E-state index contributed by atoms with van der Waals surface area (Å²) in [6, 6.07) is 13.2. The van der Waals surface area contributed by atoms with Crippen LogP contribution in [0.1, 0.15) is 10.7 Å². The lowest BCUT2D eigenvalue weighted by Gasteiger charge is -2.02. The Labute approximate surface area is 91.4 Å². The Hall–Kier alpha value is -1.47. The number of hydrogen-bond acceptors (Lipinski definition) is 0. The molecule has 1 heterocycles. The van der Waals surface area contributed by atoms with E-state index in [0.717, 1.165) is 6.42 Å². The predicted molar refractivity (Wildman–Crippen MR) is 67.0 cm³/mol. The quantitative estimate of drug-likeness (QED) is 0.538. The van der Waals surface area contributed by atoms with Crippen LogP contribution in [0.4, 0.5) is 0 Å². The fraction of sp³-hybridized carbons (Fsp3) is 0.0714. The van der Waals surface area contributed by atoms with Crippen LogP contribution < -0.4 is 0 Å². The van der Waals surface area contributed by atoms with Gasteiger partial charge in [-0.05, 0) is 28.3 Å². The largest absolute Gasteiger partial charge is 0.103 e. The third-order valence-electron chi connectivity index (χ3n) is 3.11. The Kier molecular flexibility index (Phi) is 1.93. The third kappa shape index (κ3) is 1.23. The van der Waals surface area contributed by atoms with Crippen molar-refractivity contribution in [3.63, 3.8) is 0 Å². The third-order valence-corrected chi connectivity index (χ3v) is 5.24. The second-order valence-corrected chi connectivity index (χ2v) is 6.17. The van der Waals surface area contributed by atoms with Gasteiger partial charge in [0.05, 0.1) is 8.40 Å². The molecular formula is C14H12Si. The van der Waals surface area contributed by atoms with Gasteiger partial charge in [-0.3, -0.25) is 0 Å². The van der Waals surface area contributed by atoms with E-state index < -0.39 is 8.40 Å². The standard InChI is InChI=1S/C14H12Si/c1-2-15-9-5-8-13-12-7-4-3-6-11(12)10-14(13)15/h2-9H,1,10H2. The SMILES string of the molecule is C=C[si]1cccc2c1Cc1ccccc1-2. The van der Waals surface area contributed by atoms with E-state index in [0.29, 0.717) is 0 Å². The smallest absolute Gasteiger partial charge is 0.0683 e. The molecule has 1 aromatic carbocycles. The molecule has 1 heteroatoms. The summed E-state index contributed by atoms with van der Waals surface area (Å²) < 4.78 is 0. The summed E-state index contributed by atoms with van der Waals surface area (Å²) in [7, 11) is -0.597. The highest BCUT2D eigenvalue weighted by molar-refractivity contribution is 6.68. The molecule has 1 aliphatic carbocycles. The van der Waals surface area contributed by atoms with Crippen molar-refractivity contribution < 1.29 is 0 Å². The van der Waals surface area contributed by atoms with Crippen molar-refractivity contribution >= 4 is 14.1 Å². The number of hydrogen-bond donors (Lipinski definition) is 0. The number of fused-ring (bicyclic) bond motifs is 3. The van der Waals surface area contributed by atoms with E-state index in [1.165, 1.54) is 16.7 Å². The molecular weight excluding hydrogens is 196 g/mol. The molecule has 0 aliphatic heterocycles. The summed E-state index contributed by atoms with van der Waals surface area (Å²) >= 11 is 0. The fourth-order valence-corrected chi connectivity index (χ4v) is 4.18. The van der Waals surface area contributed by atoms with Crippen molar-refractivity contribution in [3.05, 3.63) is 59.4 Å². The average Bonchev–Trinajstić information content (AvgIpc) is 2.67. The maximum atomic E-state index is 3.95. The number of benzene rings is 1. The number of rotatable bonds is 1. The van der Waals surface area contributed by atoms with E-state index in [1.54, 1.807) is 5.17 Å². The maximum absolute atomic E-state index is 3.95. The Bertz CT molecular complexity index is 541. The highest BCUT2D eigenvalue weighted by Crippen LogP contribution is 2.35. The second-order valence-electron chi connectivity index (χ2n) is 3.91. The van der Waals surface area contributed by atoms with Crippen LogP contribution in [0.2, 0.25) is 0 Å². The highest BCUT2D eigenvalue weighted by Gasteiger charge is 2.18. The first-order valence-corrected chi connectivity index (χ1v) is 6.88. The molecule has 0 bridgehead atoms.